The molecule has 3 nitrogen and oxygen atoms in total. The molecule has 0 saturated heterocycles. The summed E-state index contributed by atoms with van der Waals surface area (Å²) in [6.07, 6.45) is 3.52. The molecule has 20 heavy (non-hydrogen) atoms. The lowest BCUT2D eigenvalue weighted by atomic mass is 9.71. The molecular weight excluding hydrogens is 250 g/mol. The maximum atomic E-state index is 5.90. The van der Waals surface area contributed by atoms with Gasteiger partial charge >= 0.3 is 0 Å². The molecule has 3 heteroatoms. The molecule has 0 radical (unpaired) electrons. The quantitative estimate of drug-likeness (QED) is 0.863. The van der Waals surface area contributed by atoms with Crippen molar-refractivity contribution in [3.8, 4) is 5.75 Å². The molecule has 0 aromatic heterocycles. The van der Waals surface area contributed by atoms with Gasteiger partial charge in [0.15, 0.2) is 0 Å². The van der Waals surface area contributed by atoms with E-state index in [-0.39, 0.29) is 11.6 Å². The minimum absolute atomic E-state index is 0.0399. The second-order valence-electron chi connectivity index (χ2n) is 5.79. The highest BCUT2D eigenvalue weighted by Gasteiger charge is 2.45. The van der Waals surface area contributed by atoms with E-state index in [1.807, 2.05) is 7.11 Å². The fraction of sp³-hybridized carbons (Fsp3) is 0.647. The molecule has 0 aliphatic heterocycles. The van der Waals surface area contributed by atoms with Crippen LogP contribution in [0.25, 0.3) is 0 Å². The molecular formula is C17H27NO2. The zero-order valence-electron chi connectivity index (χ0n) is 13.4. The molecule has 1 aliphatic rings. The largest absolute Gasteiger partial charge is 0.496 e. The van der Waals surface area contributed by atoms with Gasteiger partial charge in [0.25, 0.3) is 0 Å². The van der Waals surface area contributed by atoms with Gasteiger partial charge in [0.2, 0.25) is 0 Å². The first-order valence-electron chi connectivity index (χ1n) is 7.51. The average molecular weight is 277 g/mol. The van der Waals surface area contributed by atoms with Gasteiger partial charge in [-0.3, -0.25) is 0 Å². The van der Waals surface area contributed by atoms with E-state index >= 15 is 0 Å². The Morgan fingerprint density at radius 1 is 1.20 bits per heavy atom. The molecule has 0 heterocycles. The highest BCUT2D eigenvalue weighted by molar-refractivity contribution is 5.44. The third kappa shape index (κ3) is 2.57. The summed E-state index contributed by atoms with van der Waals surface area (Å²) in [7, 11) is 3.57. The smallest absolute Gasteiger partial charge is 0.122 e. The van der Waals surface area contributed by atoms with E-state index in [1.54, 1.807) is 7.11 Å². The van der Waals surface area contributed by atoms with Gasteiger partial charge in [-0.25, -0.2) is 0 Å². The number of rotatable bonds is 6. The summed E-state index contributed by atoms with van der Waals surface area (Å²) in [5.74, 6) is 0.960. The van der Waals surface area contributed by atoms with Gasteiger partial charge in [-0.05, 0) is 62.4 Å². The second-order valence-corrected chi connectivity index (χ2v) is 5.79. The van der Waals surface area contributed by atoms with E-state index in [9.17, 15) is 0 Å². The number of hydrogen-bond donors (Lipinski definition) is 1. The second kappa shape index (κ2) is 6.15. The van der Waals surface area contributed by atoms with Crippen molar-refractivity contribution in [3.63, 3.8) is 0 Å². The topological polar surface area (TPSA) is 30.5 Å². The van der Waals surface area contributed by atoms with Gasteiger partial charge in [0.1, 0.15) is 5.75 Å². The molecule has 0 amide bonds. The number of likely N-dealkylation sites (N-methyl/N-ethyl adjacent to an activating group) is 1. The summed E-state index contributed by atoms with van der Waals surface area (Å²) >= 11 is 0. The van der Waals surface area contributed by atoms with Crippen molar-refractivity contribution in [3.05, 3.63) is 28.8 Å². The van der Waals surface area contributed by atoms with Crippen LogP contribution in [0.5, 0.6) is 5.75 Å². The number of benzene rings is 1. The van der Waals surface area contributed by atoms with Crippen molar-refractivity contribution >= 4 is 0 Å². The number of ether oxygens (including phenoxy) is 2. The van der Waals surface area contributed by atoms with Gasteiger partial charge in [0, 0.05) is 7.11 Å². The minimum Gasteiger partial charge on any atom is -0.496 e. The third-order valence-corrected chi connectivity index (χ3v) is 4.64. The molecule has 1 unspecified atom stereocenters. The Balaban J connectivity index is 2.41. The van der Waals surface area contributed by atoms with Crippen LogP contribution in [-0.4, -0.2) is 26.4 Å². The fourth-order valence-electron chi connectivity index (χ4n) is 3.26. The van der Waals surface area contributed by atoms with Crippen molar-refractivity contribution in [2.45, 2.75) is 51.7 Å². The predicted octanol–water partition coefficient (Wildman–Crippen LogP) is 3.53. The predicted molar refractivity (Wildman–Crippen MR) is 82.5 cm³/mol. The third-order valence-electron chi connectivity index (χ3n) is 4.64. The molecule has 1 N–H and O–H groups in total. The Hall–Kier alpha value is -1.06. The van der Waals surface area contributed by atoms with Crippen molar-refractivity contribution < 1.29 is 9.47 Å². The standard InChI is InChI=1S/C17H27NO2/c1-6-18-16(17(20-5)8-7-9-17)14-10-13(3)15(19-4)11-12(14)2/h10-11,16,18H,6-9H2,1-5H3. The van der Waals surface area contributed by atoms with Crippen LogP contribution in [0.4, 0.5) is 0 Å². The van der Waals surface area contributed by atoms with Gasteiger partial charge in [-0.15, -0.1) is 0 Å². The van der Waals surface area contributed by atoms with Crippen LogP contribution in [0.15, 0.2) is 12.1 Å². The van der Waals surface area contributed by atoms with Gasteiger partial charge in [-0.2, -0.15) is 0 Å². The van der Waals surface area contributed by atoms with Crippen LogP contribution in [0, 0.1) is 13.8 Å². The molecule has 0 spiro atoms. The van der Waals surface area contributed by atoms with Crippen molar-refractivity contribution in [2.24, 2.45) is 0 Å². The van der Waals surface area contributed by atoms with E-state index < -0.39 is 0 Å². The Morgan fingerprint density at radius 3 is 2.35 bits per heavy atom. The first-order valence-corrected chi connectivity index (χ1v) is 7.51. The summed E-state index contributed by atoms with van der Waals surface area (Å²) in [5.41, 5.74) is 3.75. The van der Waals surface area contributed by atoms with Crippen LogP contribution < -0.4 is 10.1 Å². The first-order chi connectivity index (χ1) is 9.57. The molecule has 2 rings (SSSR count). The van der Waals surface area contributed by atoms with Crippen molar-refractivity contribution in [1.29, 1.82) is 0 Å². The number of nitrogens with one attached hydrogen (secondary N) is 1. The molecule has 0 bridgehead atoms. The monoisotopic (exact) mass is 277 g/mol. The zero-order chi connectivity index (χ0) is 14.8. The van der Waals surface area contributed by atoms with Crippen LogP contribution in [0.1, 0.15) is 48.9 Å². The molecule has 1 aromatic carbocycles. The van der Waals surface area contributed by atoms with E-state index in [0.717, 1.165) is 25.1 Å². The molecule has 1 atom stereocenters. The van der Waals surface area contributed by atoms with E-state index in [4.69, 9.17) is 9.47 Å². The molecule has 1 aliphatic carbocycles. The molecule has 1 aromatic rings. The highest BCUT2D eigenvalue weighted by atomic mass is 16.5. The Kier molecular flexibility index (Phi) is 4.71. The first kappa shape index (κ1) is 15.3. The summed E-state index contributed by atoms with van der Waals surface area (Å²) in [4.78, 5) is 0. The zero-order valence-corrected chi connectivity index (χ0v) is 13.4. The normalized spacial score (nSPS) is 18.4. The number of hydrogen-bond acceptors (Lipinski definition) is 3. The lowest BCUT2D eigenvalue weighted by Crippen LogP contribution is -2.50. The van der Waals surface area contributed by atoms with E-state index in [1.165, 1.54) is 23.1 Å². The summed E-state index contributed by atoms with van der Waals surface area (Å²) in [5, 5.41) is 3.63. The van der Waals surface area contributed by atoms with Crippen LogP contribution in [0.3, 0.4) is 0 Å². The summed E-state index contributed by atoms with van der Waals surface area (Å²) in [6.45, 7) is 7.36. The van der Waals surface area contributed by atoms with Crippen LogP contribution >= 0.6 is 0 Å². The van der Waals surface area contributed by atoms with Gasteiger partial charge in [-0.1, -0.05) is 13.0 Å². The minimum atomic E-state index is -0.0399. The van der Waals surface area contributed by atoms with Gasteiger partial charge < -0.3 is 14.8 Å². The van der Waals surface area contributed by atoms with E-state index in [2.05, 4.69) is 38.2 Å². The summed E-state index contributed by atoms with van der Waals surface area (Å²) in [6, 6.07) is 4.65. The Labute approximate surface area is 122 Å². The Bertz CT molecular complexity index is 461. The maximum Gasteiger partial charge on any atom is 0.122 e. The molecule has 112 valence electrons. The van der Waals surface area contributed by atoms with E-state index in [0.29, 0.717) is 0 Å². The van der Waals surface area contributed by atoms with Crippen LogP contribution in [0.2, 0.25) is 0 Å². The SMILES string of the molecule is CCNC(c1cc(C)c(OC)cc1C)C1(OC)CCC1. The lowest BCUT2D eigenvalue weighted by Gasteiger charge is -2.47. The number of aryl methyl sites for hydroxylation is 2. The summed E-state index contributed by atoms with van der Waals surface area (Å²) < 4.78 is 11.3. The number of methoxy groups -OCH3 is 2. The maximum absolute atomic E-state index is 5.90. The van der Waals surface area contributed by atoms with Crippen molar-refractivity contribution in [1.82, 2.24) is 5.32 Å². The Morgan fingerprint density at radius 2 is 1.90 bits per heavy atom. The molecule has 1 fully saturated rings. The lowest BCUT2D eigenvalue weighted by molar-refractivity contribution is -0.0996. The van der Waals surface area contributed by atoms with Crippen molar-refractivity contribution in [2.75, 3.05) is 20.8 Å². The molecule has 1 saturated carbocycles. The van der Waals surface area contributed by atoms with Crippen LogP contribution in [-0.2, 0) is 4.74 Å². The fourth-order valence-corrected chi connectivity index (χ4v) is 3.26. The van der Waals surface area contributed by atoms with Gasteiger partial charge in [0.05, 0.1) is 18.8 Å². The average Bonchev–Trinajstić information content (AvgIpc) is 2.39. The highest BCUT2D eigenvalue weighted by Crippen LogP contribution is 2.46.